The zero-order valence-electron chi connectivity index (χ0n) is 14.7. The third-order valence-electron chi connectivity index (χ3n) is 5.16. The van der Waals surface area contributed by atoms with Crippen LogP contribution in [0.1, 0.15) is 29.0 Å². The maximum atomic E-state index is 12.2. The Bertz CT molecular complexity index is 1190. The number of hydrogen-bond donors (Lipinski definition) is 0. The summed E-state index contributed by atoms with van der Waals surface area (Å²) in [5, 5.41) is 0.842. The van der Waals surface area contributed by atoms with Gasteiger partial charge in [-0.1, -0.05) is 18.2 Å². The third kappa shape index (κ3) is 2.54. The van der Waals surface area contributed by atoms with Crippen molar-refractivity contribution in [3.05, 3.63) is 75.1 Å². The van der Waals surface area contributed by atoms with Crippen LogP contribution in [-0.2, 0) is 4.79 Å². The lowest BCUT2D eigenvalue weighted by molar-refractivity contribution is -0.135. The van der Waals surface area contributed by atoms with Gasteiger partial charge in [-0.2, -0.15) is 0 Å². The summed E-state index contributed by atoms with van der Waals surface area (Å²) in [6.45, 7) is 2.25. The maximum absolute atomic E-state index is 12.2. The fourth-order valence-corrected chi connectivity index (χ4v) is 3.89. The summed E-state index contributed by atoms with van der Waals surface area (Å²) >= 11 is 0. The lowest BCUT2D eigenvalue weighted by atomic mass is 9.83. The van der Waals surface area contributed by atoms with Gasteiger partial charge < -0.3 is 13.9 Å². The van der Waals surface area contributed by atoms with Crippen LogP contribution in [0.25, 0.3) is 17.0 Å². The Morgan fingerprint density at radius 2 is 1.89 bits per heavy atom. The van der Waals surface area contributed by atoms with E-state index in [1.54, 1.807) is 6.07 Å². The highest BCUT2D eigenvalue weighted by Gasteiger charge is 2.34. The zero-order chi connectivity index (χ0) is 18.5. The molecule has 134 valence electrons. The third-order valence-corrected chi connectivity index (χ3v) is 5.16. The molecule has 0 unspecified atom stereocenters. The quantitative estimate of drug-likeness (QED) is 0.373. The van der Waals surface area contributed by atoms with Crippen LogP contribution in [0.4, 0.5) is 0 Å². The smallest absolute Gasteiger partial charge is 0.336 e. The molecule has 0 radical (unpaired) electrons. The maximum Gasteiger partial charge on any atom is 0.336 e. The second kappa shape index (κ2) is 5.84. The van der Waals surface area contributed by atoms with Crippen molar-refractivity contribution in [1.82, 2.24) is 0 Å². The highest BCUT2D eigenvalue weighted by Crippen LogP contribution is 2.45. The number of fused-ring (bicyclic) bond motifs is 4. The van der Waals surface area contributed by atoms with Crippen molar-refractivity contribution in [2.45, 2.75) is 19.3 Å². The van der Waals surface area contributed by atoms with E-state index in [0.717, 1.165) is 33.4 Å². The highest BCUT2D eigenvalue weighted by molar-refractivity contribution is 5.90. The average molecular weight is 360 g/mol. The zero-order valence-corrected chi connectivity index (χ0v) is 14.7. The summed E-state index contributed by atoms with van der Waals surface area (Å²) in [4.78, 5) is 24.2. The first kappa shape index (κ1) is 15.9. The van der Waals surface area contributed by atoms with Crippen molar-refractivity contribution in [2.75, 3.05) is 6.61 Å². The minimum absolute atomic E-state index is 0.182. The standard InChI is InChI=1S/C22H16O5/c1-12-8-19(23)27-22-15(12)6-7-18-21(22)16(10-20(24)26-18)14-9-13-4-2-3-5-17(13)25-11-14/h2-9,16H,10-11H2,1H3/t16-/m1/s1. The van der Waals surface area contributed by atoms with Crippen molar-refractivity contribution in [1.29, 1.82) is 0 Å². The first-order chi connectivity index (χ1) is 13.1. The van der Waals surface area contributed by atoms with Gasteiger partial charge >= 0.3 is 11.6 Å². The van der Waals surface area contributed by atoms with Gasteiger partial charge in [-0.3, -0.25) is 4.79 Å². The molecular formula is C22H16O5. The van der Waals surface area contributed by atoms with Gasteiger partial charge in [0.1, 0.15) is 23.7 Å². The minimum Gasteiger partial charge on any atom is -0.489 e. The summed E-state index contributed by atoms with van der Waals surface area (Å²) in [7, 11) is 0. The van der Waals surface area contributed by atoms with E-state index in [2.05, 4.69) is 6.08 Å². The van der Waals surface area contributed by atoms with E-state index in [4.69, 9.17) is 13.9 Å². The number of aryl methyl sites for hydroxylation is 1. The van der Waals surface area contributed by atoms with E-state index in [9.17, 15) is 9.59 Å². The van der Waals surface area contributed by atoms with Crippen molar-refractivity contribution in [3.63, 3.8) is 0 Å². The van der Waals surface area contributed by atoms with Gasteiger partial charge in [0.15, 0.2) is 0 Å². The molecule has 5 heteroatoms. The molecule has 1 atom stereocenters. The summed E-state index contributed by atoms with van der Waals surface area (Å²) in [6, 6.07) is 12.8. The molecule has 0 fully saturated rings. The largest absolute Gasteiger partial charge is 0.489 e. The van der Waals surface area contributed by atoms with Crippen LogP contribution in [-0.4, -0.2) is 12.6 Å². The SMILES string of the molecule is Cc1cc(=O)oc2c3c(ccc12)OC(=O)C[C@@H]3C1=Cc2ccccc2OC1. The van der Waals surface area contributed by atoms with Crippen molar-refractivity contribution in [3.8, 4) is 11.5 Å². The summed E-state index contributed by atoms with van der Waals surface area (Å²) in [5.74, 6) is 0.697. The van der Waals surface area contributed by atoms with Gasteiger partial charge in [0.25, 0.3) is 0 Å². The number of esters is 1. The van der Waals surface area contributed by atoms with E-state index in [1.165, 1.54) is 6.07 Å². The molecule has 0 bridgehead atoms. The average Bonchev–Trinajstić information content (AvgIpc) is 2.66. The summed E-state index contributed by atoms with van der Waals surface area (Å²) in [6.07, 6.45) is 2.24. The van der Waals surface area contributed by atoms with Gasteiger partial charge in [0.2, 0.25) is 0 Å². The lowest BCUT2D eigenvalue weighted by Gasteiger charge is -2.29. The van der Waals surface area contributed by atoms with Crippen molar-refractivity contribution in [2.24, 2.45) is 0 Å². The number of rotatable bonds is 1. The Labute approximate surface area is 154 Å². The van der Waals surface area contributed by atoms with Gasteiger partial charge in [0.05, 0.1) is 6.42 Å². The molecule has 27 heavy (non-hydrogen) atoms. The number of carbonyl (C=O) groups is 1. The highest BCUT2D eigenvalue weighted by atomic mass is 16.5. The molecule has 0 aliphatic carbocycles. The van der Waals surface area contributed by atoms with Gasteiger partial charge in [-0.25, -0.2) is 4.79 Å². The fourth-order valence-electron chi connectivity index (χ4n) is 3.89. The summed E-state index contributed by atoms with van der Waals surface area (Å²) in [5.41, 5.74) is 3.57. The predicted octanol–water partition coefficient (Wildman–Crippen LogP) is 3.97. The minimum atomic E-state index is -0.414. The Kier molecular flexibility index (Phi) is 3.44. The number of para-hydroxylation sites is 1. The Hall–Kier alpha value is -3.34. The molecule has 2 aromatic carbocycles. The molecule has 0 saturated carbocycles. The molecule has 3 aromatic rings. The number of carbonyl (C=O) groups excluding carboxylic acids is 1. The Morgan fingerprint density at radius 1 is 1.04 bits per heavy atom. The van der Waals surface area contributed by atoms with Gasteiger partial charge in [-0.15, -0.1) is 0 Å². The Morgan fingerprint density at radius 3 is 2.78 bits per heavy atom. The van der Waals surface area contributed by atoms with Crippen LogP contribution in [0.2, 0.25) is 0 Å². The fraction of sp³-hybridized carbons (Fsp3) is 0.182. The number of ether oxygens (including phenoxy) is 2. The van der Waals surface area contributed by atoms with E-state index in [0.29, 0.717) is 17.9 Å². The predicted molar refractivity (Wildman–Crippen MR) is 100 cm³/mol. The second-order valence-electron chi connectivity index (χ2n) is 6.88. The molecule has 0 saturated heterocycles. The molecular weight excluding hydrogens is 344 g/mol. The van der Waals surface area contributed by atoms with Crippen molar-refractivity contribution < 1.29 is 18.7 Å². The first-order valence-corrected chi connectivity index (χ1v) is 8.80. The van der Waals surface area contributed by atoms with Crippen LogP contribution in [0.3, 0.4) is 0 Å². The van der Waals surface area contributed by atoms with E-state index >= 15 is 0 Å². The van der Waals surface area contributed by atoms with E-state index < -0.39 is 5.63 Å². The van der Waals surface area contributed by atoms with E-state index in [-0.39, 0.29) is 18.3 Å². The Balaban J connectivity index is 1.75. The second-order valence-corrected chi connectivity index (χ2v) is 6.88. The number of benzene rings is 2. The van der Waals surface area contributed by atoms with Gasteiger partial charge in [-0.05, 0) is 42.3 Å². The molecule has 0 amide bonds. The molecule has 2 aliphatic heterocycles. The normalized spacial score (nSPS) is 18.2. The molecule has 3 heterocycles. The van der Waals surface area contributed by atoms with Gasteiger partial charge in [0, 0.05) is 28.5 Å². The number of hydrogen-bond acceptors (Lipinski definition) is 5. The van der Waals surface area contributed by atoms with Crippen LogP contribution in [0.15, 0.2) is 57.2 Å². The van der Waals surface area contributed by atoms with Crippen LogP contribution >= 0.6 is 0 Å². The molecule has 5 rings (SSSR count). The van der Waals surface area contributed by atoms with Crippen LogP contribution < -0.4 is 15.1 Å². The lowest BCUT2D eigenvalue weighted by Crippen LogP contribution is -2.25. The first-order valence-electron chi connectivity index (χ1n) is 8.80. The molecule has 0 N–H and O–H groups in total. The van der Waals surface area contributed by atoms with Crippen LogP contribution in [0.5, 0.6) is 11.5 Å². The summed E-state index contributed by atoms with van der Waals surface area (Å²) < 4.78 is 16.9. The van der Waals surface area contributed by atoms with Crippen LogP contribution in [0, 0.1) is 6.92 Å². The monoisotopic (exact) mass is 360 g/mol. The topological polar surface area (TPSA) is 65.7 Å². The van der Waals surface area contributed by atoms with Crippen molar-refractivity contribution >= 4 is 23.0 Å². The molecule has 5 nitrogen and oxygen atoms in total. The molecule has 0 spiro atoms. The molecule has 2 aliphatic rings. The van der Waals surface area contributed by atoms with E-state index in [1.807, 2.05) is 37.3 Å². The molecule has 1 aromatic heterocycles.